The molecule has 0 saturated carbocycles. The van der Waals surface area contributed by atoms with Gasteiger partial charge in [0.25, 0.3) is 0 Å². The van der Waals surface area contributed by atoms with E-state index in [1.54, 1.807) is 12.4 Å². The summed E-state index contributed by atoms with van der Waals surface area (Å²) in [7, 11) is 0. The van der Waals surface area contributed by atoms with Crippen LogP contribution < -0.4 is 4.90 Å². The molecule has 2 aliphatic heterocycles. The zero-order valence-corrected chi connectivity index (χ0v) is 14.7. The van der Waals surface area contributed by atoms with Gasteiger partial charge in [-0.3, -0.25) is 9.69 Å². The van der Waals surface area contributed by atoms with Crippen molar-refractivity contribution >= 4 is 27.8 Å². The summed E-state index contributed by atoms with van der Waals surface area (Å²) in [6, 6.07) is 0.762. The number of carbonyl (C=O) groups excluding carboxylic acids is 1. The predicted molar refractivity (Wildman–Crippen MR) is 86.7 cm³/mol. The van der Waals surface area contributed by atoms with Gasteiger partial charge in [0.05, 0.1) is 11.0 Å². The van der Waals surface area contributed by atoms with E-state index in [0.29, 0.717) is 18.6 Å². The average molecular weight is 369 g/mol. The number of rotatable bonds is 3. The van der Waals surface area contributed by atoms with Gasteiger partial charge in [0.2, 0.25) is 5.95 Å². The molecule has 1 aromatic heterocycles. The summed E-state index contributed by atoms with van der Waals surface area (Å²) in [5.41, 5.74) is -0.423. The minimum atomic E-state index is -0.423. The second-order valence-corrected chi connectivity index (χ2v) is 7.83. The molecule has 3 rings (SSSR count). The molecule has 0 aliphatic carbocycles. The standard InChI is InChI=1S/C15H21BrN4O2/c1-15(2,3)22-13(21)9-19-7-12-4-11(19)8-20(12)14-17-5-10(16)6-18-14/h5-6,11-12H,4,7-9H2,1-3H3/t11-,12-/m1/s1. The van der Waals surface area contributed by atoms with Gasteiger partial charge in [-0.05, 0) is 43.1 Å². The van der Waals surface area contributed by atoms with Crippen LogP contribution in [-0.2, 0) is 9.53 Å². The Morgan fingerprint density at radius 3 is 2.55 bits per heavy atom. The van der Waals surface area contributed by atoms with Gasteiger partial charge in [-0.15, -0.1) is 0 Å². The Hall–Kier alpha value is -1.21. The summed E-state index contributed by atoms with van der Waals surface area (Å²) in [5, 5.41) is 0. The fraction of sp³-hybridized carbons (Fsp3) is 0.667. The van der Waals surface area contributed by atoms with Gasteiger partial charge >= 0.3 is 5.97 Å². The minimum Gasteiger partial charge on any atom is -0.459 e. The first-order valence-corrected chi connectivity index (χ1v) is 8.31. The largest absolute Gasteiger partial charge is 0.459 e. The summed E-state index contributed by atoms with van der Waals surface area (Å²) in [6.07, 6.45) is 4.60. The smallest absolute Gasteiger partial charge is 0.320 e. The zero-order valence-electron chi connectivity index (χ0n) is 13.1. The lowest BCUT2D eigenvalue weighted by molar-refractivity contribution is -0.156. The van der Waals surface area contributed by atoms with Crippen LogP contribution in [0.4, 0.5) is 5.95 Å². The molecule has 0 aromatic carbocycles. The Morgan fingerprint density at radius 2 is 2.00 bits per heavy atom. The molecule has 2 fully saturated rings. The number of aromatic nitrogens is 2. The molecule has 2 aliphatic rings. The van der Waals surface area contributed by atoms with Crippen LogP contribution in [-0.4, -0.2) is 58.2 Å². The second kappa shape index (κ2) is 5.77. The van der Waals surface area contributed by atoms with E-state index in [9.17, 15) is 4.79 Å². The van der Waals surface area contributed by atoms with Crippen LogP contribution in [0.3, 0.4) is 0 Å². The van der Waals surface area contributed by atoms with E-state index in [-0.39, 0.29) is 5.97 Å². The number of piperazine rings is 1. The third-order valence-electron chi connectivity index (χ3n) is 3.97. The van der Waals surface area contributed by atoms with Crippen LogP contribution in [0.15, 0.2) is 16.9 Å². The summed E-state index contributed by atoms with van der Waals surface area (Å²) in [6.45, 7) is 7.79. The van der Waals surface area contributed by atoms with Crippen molar-refractivity contribution in [3.05, 3.63) is 16.9 Å². The number of nitrogens with zero attached hydrogens (tertiary/aromatic N) is 4. The highest BCUT2D eigenvalue weighted by Crippen LogP contribution is 2.32. The summed E-state index contributed by atoms with van der Waals surface area (Å²) in [5.74, 6) is 0.624. The van der Waals surface area contributed by atoms with Crippen molar-refractivity contribution in [3.8, 4) is 0 Å². The lowest BCUT2D eigenvalue weighted by Crippen LogP contribution is -2.49. The van der Waals surface area contributed by atoms with Crippen LogP contribution >= 0.6 is 15.9 Å². The summed E-state index contributed by atoms with van der Waals surface area (Å²) >= 11 is 3.35. The Bertz CT molecular complexity index is 558. The highest BCUT2D eigenvalue weighted by molar-refractivity contribution is 9.10. The molecule has 2 bridgehead atoms. The van der Waals surface area contributed by atoms with Crippen molar-refractivity contribution in [2.24, 2.45) is 0 Å². The maximum atomic E-state index is 12.0. The van der Waals surface area contributed by atoms with Gasteiger partial charge in [0, 0.05) is 37.6 Å². The summed E-state index contributed by atoms with van der Waals surface area (Å²) in [4.78, 5) is 25.2. The first kappa shape index (κ1) is 15.7. The Morgan fingerprint density at radius 1 is 1.32 bits per heavy atom. The number of anilines is 1. The molecule has 22 heavy (non-hydrogen) atoms. The second-order valence-electron chi connectivity index (χ2n) is 6.91. The Balaban J connectivity index is 1.58. The number of halogens is 1. The van der Waals surface area contributed by atoms with Crippen LogP contribution in [0, 0.1) is 0 Å². The number of carbonyl (C=O) groups is 1. The molecule has 3 heterocycles. The van der Waals surface area contributed by atoms with E-state index in [4.69, 9.17) is 4.74 Å². The van der Waals surface area contributed by atoms with Crippen LogP contribution in [0.25, 0.3) is 0 Å². The fourth-order valence-corrected chi connectivity index (χ4v) is 3.39. The highest BCUT2D eigenvalue weighted by Gasteiger charge is 2.45. The molecule has 0 N–H and O–H groups in total. The number of fused-ring (bicyclic) bond motifs is 2. The third-order valence-corrected chi connectivity index (χ3v) is 4.38. The summed E-state index contributed by atoms with van der Waals surface area (Å²) < 4.78 is 6.29. The average Bonchev–Trinajstić information content (AvgIpc) is 2.96. The van der Waals surface area contributed by atoms with Crippen molar-refractivity contribution < 1.29 is 9.53 Å². The van der Waals surface area contributed by atoms with Crippen molar-refractivity contribution in [3.63, 3.8) is 0 Å². The first-order valence-electron chi connectivity index (χ1n) is 7.52. The van der Waals surface area contributed by atoms with Crippen molar-refractivity contribution in [1.82, 2.24) is 14.9 Å². The molecule has 2 atom stereocenters. The number of likely N-dealkylation sites (tertiary alicyclic amines) is 1. The molecule has 0 amide bonds. The molecule has 120 valence electrons. The molecule has 1 aromatic rings. The normalized spacial score (nSPS) is 24.8. The first-order chi connectivity index (χ1) is 10.3. The predicted octanol–water partition coefficient (Wildman–Crippen LogP) is 1.84. The van der Waals surface area contributed by atoms with E-state index in [0.717, 1.165) is 29.9 Å². The van der Waals surface area contributed by atoms with Gasteiger partial charge in [0.15, 0.2) is 0 Å². The van der Waals surface area contributed by atoms with E-state index in [2.05, 4.69) is 35.7 Å². The molecule has 2 saturated heterocycles. The zero-order chi connectivity index (χ0) is 15.9. The SMILES string of the molecule is CC(C)(C)OC(=O)CN1C[C@H]2C[C@@H]1CN2c1ncc(Br)cn1. The van der Waals surface area contributed by atoms with Gasteiger partial charge < -0.3 is 9.64 Å². The molecule has 0 radical (unpaired) electrons. The molecule has 6 nitrogen and oxygen atoms in total. The van der Waals surface area contributed by atoms with Gasteiger partial charge in [-0.1, -0.05) is 0 Å². The molecular weight excluding hydrogens is 348 g/mol. The molecular formula is C15H21BrN4O2. The van der Waals surface area contributed by atoms with Crippen molar-refractivity contribution in [2.45, 2.75) is 44.9 Å². The van der Waals surface area contributed by atoms with Crippen LogP contribution in [0.2, 0.25) is 0 Å². The molecule has 7 heteroatoms. The van der Waals surface area contributed by atoms with Crippen molar-refractivity contribution in [2.75, 3.05) is 24.5 Å². The quantitative estimate of drug-likeness (QED) is 0.758. The van der Waals surface area contributed by atoms with Crippen LogP contribution in [0.1, 0.15) is 27.2 Å². The van der Waals surface area contributed by atoms with Gasteiger partial charge in [0.1, 0.15) is 5.60 Å². The van der Waals surface area contributed by atoms with Crippen LogP contribution in [0.5, 0.6) is 0 Å². The number of hydrogen-bond donors (Lipinski definition) is 0. The fourth-order valence-electron chi connectivity index (χ4n) is 3.18. The van der Waals surface area contributed by atoms with E-state index < -0.39 is 5.60 Å². The lowest BCUT2D eigenvalue weighted by Gasteiger charge is -2.34. The van der Waals surface area contributed by atoms with Gasteiger partial charge in [-0.2, -0.15) is 0 Å². The maximum absolute atomic E-state index is 12.0. The number of hydrogen-bond acceptors (Lipinski definition) is 6. The monoisotopic (exact) mass is 368 g/mol. The van der Waals surface area contributed by atoms with E-state index in [1.807, 2.05) is 20.8 Å². The number of ether oxygens (including phenoxy) is 1. The van der Waals surface area contributed by atoms with Crippen molar-refractivity contribution in [1.29, 1.82) is 0 Å². The number of esters is 1. The molecule has 0 spiro atoms. The lowest BCUT2D eigenvalue weighted by atomic mass is 10.2. The third kappa shape index (κ3) is 3.41. The Labute approximate surface area is 139 Å². The van der Waals surface area contributed by atoms with Gasteiger partial charge in [-0.25, -0.2) is 9.97 Å². The minimum absolute atomic E-state index is 0.147. The maximum Gasteiger partial charge on any atom is 0.320 e. The van der Waals surface area contributed by atoms with E-state index in [1.165, 1.54) is 0 Å². The molecule has 0 unspecified atom stereocenters. The Kier molecular flexibility index (Phi) is 4.11. The van der Waals surface area contributed by atoms with E-state index >= 15 is 0 Å². The topological polar surface area (TPSA) is 58.6 Å². The highest BCUT2D eigenvalue weighted by atomic mass is 79.9.